The Balaban J connectivity index is 0.000000194. The van der Waals surface area contributed by atoms with Crippen LogP contribution < -0.4 is 10.6 Å². The van der Waals surface area contributed by atoms with E-state index >= 15 is 0 Å². The van der Waals surface area contributed by atoms with Crippen LogP contribution in [0.3, 0.4) is 0 Å². The highest BCUT2D eigenvalue weighted by molar-refractivity contribution is 7.72. The van der Waals surface area contributed by atoms with E-state index in [0.717, 1.165) is 0 Å². The Morgan fingerprint density at radius 1 is 0.524 bits per heavy atom. The van der Waals surface area contributed by atoms with Crippen molar-refractivity contribution in [2.75, 3.05) is 6.66 Å². The zero-order valence-electron chi connectivity index (χ0n) is 12.6. The highest BCUT2D eigenvalue weighted by atomic mass is 31.1. The first-order valence-electron chi connectivity index (χ1n) is 7.13. The van der Waals surface area contributed by atoms with Crippen molar-refractivity contribution in [3.63, 3.8) is 0 Å². The molecular formula is C20H21P. The molecule has 0 N–H and O–H groups in total. The van der Waals surface area contributed by atoms with E-state index in [9.17, 15) is 0 Å². The Morgan fingerprint density at radius 3 is 1.14 bits per heavy atom. The molecule has 1 heteroatoms. The van der Waals surface area contributed by atoms with Gasteiger partial charge in [0.05, 0.1) is 0 Å². The van der Waals surface area contributed by atoms with Gasteiger partial charge in [-0.15, -0.1) is 0 Å². The van der Waals surface area contributed by atoms with Gasteiger partial charge in [0, 0.05) is 0 Å². The molecule has 3 aromatic rings. The van der Waals surface area contributed by atoms with Crippen molar-refractivity contribution in [3.05, 3.63) is 96.6 Å². The van der Waals surface area contributed by atoms with Crippen LogP contribution in [0.2, 0.25) is 0 Å². The Hall–Kier alpha value is -1.91. The largest absolute Gasteiger partial charge is 0.0622 e. The first-order chi connectivity index (χ1) is 10.3. The van der Waals surface area contributed by atoms with Crippen molar-refractivity contribution in [3.8, 4) is 0 Å². The smallest absolute Gasteiger partial charge is 0.0198 e. The average molecular weight is 292 g/mol. The van der Waals surface area contributed by atoms with Gasteiger partial charge < -0.3 is 0 Å². The number of rotatable bonds is 2. The predicted octanol–water partition coefficient (Wildman–Crippen LogP) is 4.74. The first-order valence-corrected chi connectivity index (χ1v) is 8.92. The maximum Gasteiger partial charge on any atom is -0.0198 e. The summed E-state index contributed by atoms with van der Waals surface area (Å²) in [5, 5.41) is 2.88. The third-order valence-electron chi connectivity index (χ3n) is 3.23. The molecule has 3 aromatic carbocycles. The molecule has 0 aliphatic rings. The molecule has 0 amide bonds. The zero-order chi connectivity index (χ0) is 14.9. The maximum absolute atomic E-state index is 2.31. The second-order valence-electron chi connectivity index (χ2n) is 4.88. The molecular weight excluding hydrogens is 271 g/mol. The van der Waals surface area contributed by atoms with Gasteiger partial charge in [0.2, 0.25) is 0 Å². The summed E-state index contributed by atoms with van der Waals surface area (Å²) in [7, 11) is -0.171. The monoisotopic (exact) mass is 292 g/mol. The van der Waals surface area contributed by atoms with Crippen molar-refractivity contribution in [1.82, 2.24) is 0 Å². The van der Waals surface area contributed by atoms with Crippen molar-refractivity contribution in [1.29, 1.82) is 0 Å². The fourth-order valence-corrected chi connectivity index (χ4v) is 3.52. The molecule has 0 unspecified atom stereocenters. The lowest BCUT2D eigenvalue weighted by Gasteiger charge is -2.12. The van der Waals surface area contributed by atoms with Crippen LogP contribution in [-0.4, -0.2) is 6.66 Å². The minimum atomic E-state index is -0.171. The van der Waals surface area contributed by atoms with E-state index in [4.69, 9.17) is 0 Å². The molecule has 0 nitrogen and oxygen atoms in total. The molecule has 0 bridgehead atoms. The van der Waals surface area contributed by atoms with Crippen molar-refractivity contribution in [2.45, 2.75) is 6.92 Å². The van der Waals surface area contributed by atoms with Gasteiger partial charge in [0.15, 0.2) is 0 Å². The summed E-state index contributed by atoms with van der Waals surface area (Å²) in [4.78, 5) is 0. The van der Waals surface area contributed by atoms with Gasteiger partial charge in [-0.05, 0) is 32.1 Å². The number of hydrogen-bond donors (Lipinski definition) is 0. The Bertz CT molecular complexity index is 578. The fourth-order valence-electron chi connectivity index (χ4n) is 1.99. The highest BCUT2D eigenvalue weighted by Gasteiger charge is 2.05. The molecule has 0 aliphatic carbocycles. The molecule has 0 saturated heterocycles. The van der Waals surface area contributed by atoms with Gasteiger partial charge in [0.1, 0.15) is 0 Å². The fraction of sp³-hybridized carbons (Fsp3) is 0.100. The van der Waals surface area contributed by atoms with Crippen molar-refractivity contribution >= 4 is 18.5 Å². The Labute approximate surface area is 129 Å². The standard InChI is InChI=1S/C13H13P.C7H8/c1-14(12-8-4-2-5-9-12)13-10-6-3-7-11-13;1-7-5-3-2-4-6-7/h2-11H,1H3;2-6H,1H3. The van der Waals surface area contributed by atoms with Crippen LogP contribution in [0.1, 0.15) is 5.56 Å². The van der Waals surface area contributed by atoms with Crippen molar-refractivity contribution in [2.24, 2.45) is 0 Å². The molecule has 0 radical (unpaired) electrons. The molecule has 0 heterocycles. The normalized spacial score (nSPS) is 9.86. The van der Waals surface area contributed by atoms with E-state index in [-0.39, 0.29) is 7.92 Å². The summed E-state index contributed by atoms with van der Waals surface area (Å²) in [6.45, 7) is 4.39. The molecule has 0 aliphatic heterocycles. The summed E-state index contributed by atoms with van der Waals surface area (Å²) in [5.41, 5.74) is 1.32. The number of aryl methyl sites for hydroxylation is 1. The summed E-state index contributed by atoms with van der Waals surface area (Å²) in [6, 6.07) is 31.7. The lowest BCUT2D eigenvalue weighted by atomic mass is 10.2. The topological polar surface area (TPSA) is 0 Å². The summed E-state index contributed by atoms with van der Waals surface area (Å²) in [6.07, 6.45) is 0. The molecule has 3 rings (SSSR count). The van der Waals surface area contributed by atoms with Crippen LogP contribution in [0, 0.1) is 6.92 Å². The maximum atomic E-state index is 2.31. The van der Waals surface area contributed by atoms with Crippen molar-refractivity contribution < 1.29 is 0 Å². The summed E-state index contributed by atoms with van der Waals surface area (Å²) in [5.74, 6) is 0. The summed E-state index contributed by atoms with van der Waals surface area (Å²) >= 11 is 0. The van der Waals surface area contributed by atoms with Crippen LogP contribution >= 0.6 is 7.92 Å². The third kappa shape index (κ3) is 5.17. The third-order valence-corrected chi connectivity index (χ3v) is 5.37. The minimum Gasteiger partial charge on any atom is -0.0622 e. The Morgan fingerprint density at radius 2 is 0.857 bits per heavy atom. The second-order valence-corrected chi connectivity index (χ2v) is 7.04. The molecule has 0 fully saturated rings. The van der Waals surface area contributed by atoms with E-state index < -0.39 is 0 Å². The van der Waals surface area contributed by atoms with Crippen LogP contribution in [0.15, 0.2) is 91.0 Å². The lowest BCUT2D eigenvalue weighted by Crippen LogP contribution is -2.09. The SMILES string of the molecule is CP(c1ccccc1)c1ccccc1.Cc1ccccc1. The lowest BCUT2D eigenvalue weighted by molar-refractivity contribution is 1.48. The molecule has 0 spiro atoms. The first kappa shape index (κ1) is 15.5. The van der Waals surface area contributed by atoms with Gasteiger partial charge in [-0.3, -0.25) is 0 Å². The van der Waals surface area contributed by atoms with E-state index in [0.29, 0.717) is 0 Å². The molecule has 21 heavy (non-hydrogen) atoms. The van der Waals surface area contributed by atoms with Gasteiger partial charge >= 0.3 is 0 Å². The predicted molar refractivity (Wildman–Crippen MR) is 96.2 cm³/mol. The van der Waals surface area contributed by atoms with Crippen LogP contribution in [-0.2, 0) is 0 Å². The molecule has 106 valence electrons. The van der Waals surface area contributed by atoms with E-state index in [1.807, 2.05) is 18.2 Å². The van der Waals surface area contributed by atoms with Crippen LogP contribution in [0.25, 0.3) is 0 Å². The van der Waals surface area contributed by atoms with Crippen LogP contribution in [0.4, 0.5) is 0 Å². The minimum absolute atomic E-state index is 0.171. The second kappa shape index (κ2) is 8.39. The van der Waals surface area contributed by atoms with Gasteiger partial charge in [-0.1, -0.05) is 96.6 Å². The average Bonchev–Trinajstić information content (AvgIpc) is 2.57. The Kier molecular flexibility index (Phi) is 6.19. The quantitative estimate of drug-likeness (QED) is 0.598. The van der Waals surface area contributed by atoms with Gasteiger partial charge in [-0.25, -0.2) is 0 Å². The molecule has 0 aromatic heterocycles. The number of benzene rings is 3. The van der Waals surface area contributed by atoms with E-state index in [1.165, 1.54) is 16.2 Å². The number of hydrogen-bond acceptors (Lipinski definition) is 0. The van der Waals surface area contributed by atoms with Gasteiger partial charge in [-0.2, -0.15) is 0 Å². The van der Waals surface area contributed by atoms with Crippen LogP contribution in [0.5, 0.6) is 0 Å². The van der Waals surface area contributed by atoms with E-state index in [2.05, 4.69) is 86.4 Å². The molecule has 0 saturated carbocycles. The van der Waals surface area contributed by atoms with Gasteiger partial charge in [0.25, 0.3) is 0 Å². The highest BCUT2D eigenvalue weighted by Crippen LogP contribution is 2.27. The summed E-state index contributed by atoms with van der Waals surface area (Å²) < 4.78 is 0. The zero-order valence-corrected chi connectivity index (χ0v) is 13.5. The van der Waals surface area contributed by atoms with E-state index in [1.54, 1.807) is 0 Å². The molecule has 0 atom stereocenters.